The molecule has 1 aliphatic carbocycles. The van der Waals surface area contributed by atoms with E-state index in [0.717, 1.165) is 18.9 Å². The summed E-state index contributed by atoms with van der Waals surface area (Å²) in [5.74, 6) is 0. The van der Waals surface area contributed by atoms with Crippen LogP contribution in [0, 0.1) is 11.5 Å². The Hall–Kier alpha value is -2.42. The van der Waals surface area contributed by atoms with E-state index in [9.17, 15) is 0 Å². The lowest BCUT2D eigenvalue weighted by Gasteiger charge is -2.40. The average molecular weight is 398 g/mol. The van der Waals surface area contributed by atoms with Crippen LogP contribution < -0.4 is 15.6 Å². The highest BCUT2D eigenvalue weighted by Crippen LogP contribution is 2.40. The van der Waals surface area contributed by atoms with Gasteiger partial charge in [-0.2, -0.15) is 0 Å². The highest BCUT2D eigenvalue weighted by atomic mass is 28.4. The molecule has 1 nitrogen and oxygen atoms in total. The van der Waals surface area contributed by atoms with Crippen molar-refractivity contribution < 1.29 is 4.43 Å². The second-order valence-corrected chi connectivity index (χ2v) is 12.2. The maximum absolute atomic E-state index is 7.22. The molecule has 0 saturated heterocycles. The molecule has 0 amide bonds. The molecule has 0 heterocycles. The van der Waals surface area contributed by atoms with E-state index in [4.69, 9.17) is 4.43 Å². The SMILES string of the molecule is CC1=C[C](O[Si](c2ccccc2)(c2ccccc2)c2ccccc2)CC(C)(C)C1. The third-order valence-corrected chi connectivity index (χ3v) is 9.65. The molecule has 29 heavy (non-hydrogen) atoms. The Bertz CT molecular complexity index is 865. The van der Waals surface area contributed by atoms with Gasteiger partial charge in [-0.25, -0.2) is 0 Å². The second-order valence-electron chi connectivity index (χ2n) is 8.86. The molecule has 0 unspecified atom stereocenters. The number of hydrogen-bond donors (Lipinski definition) is 0. The molecule has 3 aromatic carbocycles. The van der Waals surface area contributed by atoms with E-state index in [1.807, 2.05) is 0 Å². The molecule has 1 radical (unpaired) electrons. The van der Waals surface area contributed by atoms with Crippen LogP contribution in [-0.2, 0) is 4.43 Å². The van der Waals surface area contributed by atoms with Gasteiger partial charge in [-0.3, -0.25) is 0 Å². The third-order valence-electron chi connectivity index (χ3n) is 5.64. The monoisotopic (exact) mass is 397 g/mol. The molecule has 0 N–H and O–H groups in total. The lowest BCUT2D eigenvalue weighted by atomic mass is 9.77. The Morgan fingerprint density at radius 2 is 1.07 bits per heavy atom. The number of benzene rings is 3. The number of rotatable bonds is 5. The smallest absolute Gasteiger partial charge is 0.289 e. The second kappa shape index (κ2) is 8.14. The summed E-state index contributed by atoms with van der Waals surface area (Å²) in [6, 6.07) is 32.4. The lowest BCUT2D eigenvalue weighted by Crippen LogP contribution is -2.69. The first kappa shape index (κ1) is 19.9. The van der Waals surface area contributed by atoms with Crippen LogP contribution in [0.4, 0.5) is 0 Å². The van der Waals surface area contributed by atoms with Gasteiger partial charge in [0.05, 0.1) is 0 Å². The minimum absolute atomic E-state index is 0.221. The summed E-state index contributed by atoms with van der Waals surface area (Å²) >= 11 is 0. The van der Waals surface area contributed by atoms with Crippen LogP contribution >= 0.6 is 0 Å². The molecule has 4 rings (SSSR count). The highest BCUT2D eigenvalue weighted by molar-refractivity contribution is 7.07. The summed E-state index contributed by atoms with van der Waals surface area (Å²) in [5, 5.41) is 3.83. The van der Waals surface area contributed by atoms with Crippen molar-refractivity contribution in [2.24, 2.45) is 5.41 Å². The van der Waals surface area contributed by atoms with Crippen LogP contribution in [0.1, 0.15) is 33.6 Å². The molecule has 1 aliphatic rings. The van der Waals surface area contributed by atoms with E-state index >= 15 is 0 Å². The highest BCUT2D eigenvalue weighted by Gasteiger charge is 2.45. The van der Waals surface area contributed by atoms with E-state index in [1.54, 1.807) is 0 Å². The quantitative estimate of drug-likeness (QED) is 0.436. The molecule has 3 aromatic rings. The minimum Gasteiger partial charge on any atom is -0.392 e. The van der Waals surface area contributed by atoms with Crippen molar-refractivity contribution in [3.63, 3.8) is 0 Å². The van der Waals surface area contributed by atoms with E-state index in [2.05, 4.69) is 118 Å². The molecule has 2 heteroatoms. The first-order valence-electron chi connectivity index (χ1n) is 10.4. The van der Waals surface area contributed by atoms with Crippen molar-refractivity contribution in [1.29, 1.82) is 0 Å². The molecule has 0 saturated carbocycles. The predicted octanol–water partition coefficient (Wildman–Crippen LogP) is 4.97. The van der Waals surface area contributed by atoms with Gasteiger partial charge in [-0.15, -0.1) is 0 Å². The molecule has 0 aliphatic heterocycles. The van der Waals surface area contributed by atoms with Crippen LogP contribution in [0.2, 0.25) is 0 Å². The molecule has 0 spiro atoms. The Balaban J connectivity index is 1.92. The summed E-state index contributed by atoms with van der Waals surface area (Å²) < 4.78 is 7.22. The first-order chi connectivity index (χ1) is 14.0. The van der Waals surface area contributed by atoms with Gasteiger partial charge in [-0.1, -0.05) is 116 Å². The van der Waals surface area contributed by atoms with Gasteiger partial charge in [0, 0.05) is 0 Å². The van der Waals surface area contributed by atoms with Crippen LogP contribution in [0.3, 0.4) is 0 Å². The van der Waals surface area contributed by atoms with Gasteiger partial charge in [0.1, 0.15) is 6.10 Å². The summed E-state index contributed by atoms with van der Waals surface area (Å²) in [6.45, 7) is 6.90. The molecule has 0 bridgehead atoms. The Kier molecular flexibility index (Phi) is 5.58. The summed E-state index contributed by atoms with van der Waals surface area (Å²) in [6.07, 6.45) is 5.48. The minimum atomic E-state index is -2.68. The third kappa shape index (κ3) is 4.14. The van der Waals surface area contributed by atoms with E-state index < -0.39 is 8.32 Å². The van der Waals surface area contributed by atoms with Gasteiger partial charge >= 0.3 is 0 Å². The van der Waals surface area contributed by atoms with Gasteiger partial charge in [0.15, 0.2) is 0 Å². The van der Waals surface area contributed by atoms with Crippen molar-refractivity contribution in [2.75, 3.05) is 0 Å². The molecule has 0 fully saturated rings. The van der Waals surface area contributed by atoms with Gasteiger partial charge < -0.3 is 4.43 Å². The first-order valence-corrected chi connectivity index (χ1v) is 12.3. The van der Waals surface area contributed by atoms with E-state index in [0.29, 0.717) is 0 Å². The van der Waals surface area contributed by atoms with Crippen molar-refractivity contribution in [3.05, 3.63) is 109 Å². The van der Waals surface area contributed by atoms with Crippen molar-refractivity contribution in [2.45, 2.75) is 33.6 Å². The topological polar surface area (TPSA) is 9.23 Å². The standard InChI is InChI=1S/C27H29OSi/c1-22-19-23(21-27(2,3)20-22)28-29(24-13-7-4-8-14-24,25-15-9-5-10-16-25)26-17-11-6-12-18-26/h4-19H,20-21H2,1-3H3. The number of hydrogen-bond acceptors (Lipinski definition) is 1. The maximum atomic E-state index is 7.22. The van der Waals surface area contributed by atoms with Crippen LogP contribution in [0.15, 0.2) is 103 Å². The normalized spacial score (nSPS) is 17.0. The molecular weight excluding hydrogens is 368 g/mol. The predicted molar refractivity (Wildman–Crippen MR) is 125 cm³/mol. The fourth-order valence-corrected chi connectivity index (χ4v) is 8.49. The van der Waals surface area contributed by atoms with Crippen molar-refractivity contribution >= 4 is 23.9 Å². The van der Waals surface area contributed by atoms with Gasteiger partial charge in [0.2, 0.25) is 0 Å². The lowest BCUT2D eigenvalue weighted by molar-refractivity contribution is 0.236. The molecular formula is C27H29OSi. The van der Waals surface area contributed by atoms with Gasteiger partial charge in [0.25, 0.3) is 8.32 Å². The molecule has 0 atom stereocenters. The van der Waals surface area contributed by atoms with E-state index in [-0.39, 0.29) is 5.41 Å². The zero-order valence-corrected chi connectivity index (χ0v) is 18.6. The molecule has 0 aromatic heterocycles. The number of allylic oxidation sites excluding steroid dienone is 1. The fourth-order valence-electron chi connectivity index (χ4n) is 4.62. The zero-order chi connectivity index (χ0) is 20.3. The summed E-state index contributed by atoms with van der Waals surface area (Å²) in [5.41, 5.74) is 1.62. The average Bonchev–Trinajstić information content (AvgIpc) is 2.72. The van der Waals surface area contributed by atoms with Crippen LogP contribution in [0.25, 0.3) is 0 Å². The van der Waals surface area contributed by atoms with Crippen molar-refractivity contribution in [3.8, 4) is 0 Å². The summed E-state index contributed by atoms with van der Waals surface area (Å²) in [4.78, 5) is 0. The maximum Gasteiger partial charge on any atom is 0.289 e. The van der Waals surface area contributed by atoms with Gasteiger partial charge in [-0.05, 0) is 40.7 Å². The Morgan fingerprint density at radius 3 is 1.45 bits per heavy atom. The fraction of sp³-hybridized carbons (Fsp3) is 0.222. The van der Waals surface area contributed by atoms with Crippen LogP contribution in [-0.4, -0.2) is 8.32 Å². The van der Waals surface area contributed by atoms with E-state index in [1.165, 1.54) is 21.1 Å². The Labute approximate surface area is 176 Å². The zero-order valence-electron chi connectivity index (χ0n) is 17.6. The molecule has 147 valence electrons. The largest absolute Gasteiger partial charge is 0.392 e. The van der Waals surface area contributed by atoms with Crippen molar-refractivity contribution in [1.82, 2.24) is 0 Å². The van der Waals surface area contributed by atoms with Crippen LogP contribution in [0.5, 0.6) is 0 Å². The summed E-state index contributed by atoms with van der Waals surface area (Å²) in [7, 11) is -2.68. The Morgan fingerprint density at radius 1 is 0.655 bits per heavy atom.